The van der Waals surface area contributed by atoms with Crippen LogP contribution >= 0.6 is 0 Å². The van der Waals surface area contributed by atoms with Gasteiger partial charge in [0, 0.05) is 32.2 Å². The van der Waals surface area contributed by atoms with E-state index in [1.807, 2.05) is 0 Å². The lowest BCUT2D eigenvalue weighted by Crippen LogP contribution is -2.49. The zero-order valence-electron chi connectivity index (χ0n) is 14.2. The number of esters is 1. The first kappa shape index (κ1) is 18.4. The first-order chi connectivity index (χ1) is 9.90. The number of hydrogen-bond acceptors (Lipinski definition) is 5. The second kappa shape index (κ2) is 8.71. The van der Waals surface area contributed by atoms with Crippen LogP contribution in [-0.4, -0.2) is 67.2 Å². The molecule has 1 saturated heterocycles. The Morgan fingerprint density at radius 1 is 1.29 bits per heavy atom. The summed E-state index contributed by atoms with van der Waals surface area (Å²) < 4.78 is 4.73. The smallest absolute Gasteiger partial charge is 0.325 e. The van der Waals surface area contributed by atoms with Gasteiger partial charge in [-0.2, -0.15) is 0 Å². The Balaban J connectivity index is 2.16. The molecule has 21 heavy (non-hydrogen) atoms. The number of carbonyl (C=O) groups excluding carboxylic acids is 1. The Morgan fingerprint density at radius 3 is 2.43 bits per heavy atom. The molecule has 0 aromatic carbocycles. The summed E-state index contributed by atoms with van der Waals surface area (Å²) in [4.78, 5) is 16.6. The summed E-state index contributed by atoms with van der Waals surface area (Å²) in [6, 6.07) is 0.699. The van der Waals surface area contributed by atoms with Crippen LogP contribution in [0.4, 0.5) is 0 Å². The number of piperazine rings is 1. The van der Waals surface area contributed by atoms with Gasteiger partial charge in [0.1, 0.15) is 5.54 Å². The zero-order chi connectivity index (χ0) is 15.9. The molecule has 0 aromatic rings. The molecule has 5 nitrogen and oxygen atoms in total. The molecule has 1 aliphatic rings. The fraction of sp³-hybridized carbons (Fsp3) is 0.938. The van der Waals surface area contributed by atoms with Crippen molar-refractivity contribution in [3.63, 3.8) is 0 Å². The topological polar surface area (TPSA) is 58.8 Å². The van der Waals surface area contributed by atoms with Gasteiger partial charge in [-0.1, -0.05) is 6.92 Å². The maximum Gasteiger partial charge on any atom is 0.325 e. The standard InChI is InChI=1S/C16H33N3O2/c1-5-14(2)19-12-10-18(11-13-19)9-7-6-8-16(3,17)15(20)21-4/h14H,5-13,17H2,1-4H3. The summed E-state index contributed by atoms with van der Waals surface area (Å²) in [6.45, 7) is 12.1. The average Bonchev–Trinajstić information content (AvgIpc) is 2.50. The fourth-order valence-corrected chi connectivity index (χ4v) is 2.85. The highest BCUT2D eigenvalue weighted by Gasteiger charge is 2.28. The van der Waals surface area contributed by atoms with Gasteiger partial charge in [0.25, 0.3) is 0 Å². The van der Waals surface area contributed by atoms with Crippen molar-refractivity contribution in [2.75, 3.05) is 39.8 Å². The van der Waals surface area contributed by atoms with Crippen LogP contribution in [0.25, 0.3) is 0 Å². The van der Waals surface area contributed by atoms with E-state index in [0.717, 1.165) is 32.5 Å². The lowest BCUT2D eigenvalue weighted by molar-refractivity contribution is -0.146. The van der Waals surface area contributed by atoms with Crippen molar-refractivity contribution in [3.8, 4) is 0 Å². The molecule has 1 aliphatic heterocycles. The SMILES string of the molecule is CCC(C)N1CCN(CCCCC(C)(N)C(=O)OC)CC1. The maximum atomic E-state index is 11.5. The van der Waals surface area contributed by atoms with Crippen molar-refractivity contribution in [1.29, 1.82) is 0 Å². The van der Waals surface area contributed by atoms with Gasteiger partial charge in [-0.25, -0.2) is 0 Å². The molecular formula is C16H33N3O2. The van der Waals surface area contributed by atoms with Crippen LogP contribution < -0.4 is 5.73 Å². The minimum Gasteiger partial charge on any atom is -0.468 e. The van der Waals surface area contributed by atoms with E-state index in [1.165, 1.54) is 26.6 Å². The number of methoxy groups -OCH3 is 1. The molecule has 124 valence electrons. The molecule has 0 aliphatic carbocycles. The van der Waals surface area contributed by atoms with E-state index in [1.54, 1.807) is 6.92 Å². The highest BCUT2D eigenvalue weighted by atomic mass is 16.5. The van der Waals surface area contributed by atoms with E-state index in [2.05, 4.69) is 23.6 Å². The molecule has 0 bridgehead atoms. The van der Waals surface area contributed by atoms with E-state index in [9.17, 15) is 4.79 Å². The predicted molar refractivity (Wildman–Crippen MR) is 86.2 cm³/mol. The van der Waals surface area contributed by atoms with Crippen LogP contribution in [0.5, 0.6) is 0 Å². The van der Waals surface area contributed by atoms with Crippen molar-refractivity contribution in [2.45, 2.75) is 58.0 Å². The molecule has 5 heteroatoms. The molecule has 0 spiro atoms. The highest BCUT2D eigenvalue weighted by molar-refractivity contribution is 5.79. The van der Waals surface area contributed by atoms with Crippen LogP contribution in [0.1, 0.15) is 46.5 Å². The second-order valence-corrected chi connectivity index (χ2v) is 6.50. The molecule has 1 heterocycles. The van der Waals surface area contributed by atoms with Crippen molar-refractivity contribution in [2.24, 2.45) is 5.73 Å². The number of hydrogen-bond donors (Lipinski definition) is 1. The Morgan fingerprint density at radius 2 is 1.90 bits per heavy atom. The van der Waals surface area contributed by atoms with Crippen LogP contribution in [-0.2, 0) is 9.53 Å². The normalized spacial score (nSPS) is 21.8. The van der Waals surface area contributed by atoms with Gasteiger partial charge in [-0.15, -0.1) is 0 Å². The highest BCUT2D eigenvalue weighted by Crippen LogP contribution is 2.14. The van der Waals surface area contributed by atoms with Crippen molar-refractivity contribution in [3.05, 3.63) is 0 Å². The first-order valence-electron chi connectivity index (χ1n) is 8.24. The lowest BCUT2D eigenvalue weighted by atomic mass is 9.96. The lowest BCUT2D eigenvalue weighted by Gasteiger charge is -2.37. The van der Waals surface area contributed by atoms with Crippen LogP contribution in [0.15, 0.2) is 0 Å². The molecule has 2 N–H and O–H groups in total. The molecule has 1 fully saturated rings. The summed E-state index contributed by atoms with van der Waals surface area (Å²) in [5.41, 5.74) is 5.12. The summed E-state index contributed by atoms with van der Waals surface area (Å²) in [5.74, 6) is -0.315. The Labute approximate surface area is 129 Å². The second-order valence-electron chi connectivity index (χ2n) is 6.50. The molecule has 0 radical (unpaired) electrons. The number of nitrogens with two attached hydrogens (primary N) is 1. The maximum absolute atomic E-state index is 11.5. The van der Waals surface area contributed by atoms with E-state index < -0.39 is 5.54 Å². The first-order valence-corrected chi connectivity index (χ1v) is 8.24. The Kier molecular flexibility index (Phi) is 7.63. The summed E-state index contributed by atoms with van der Waals surface area (Å²) in [7, 11) is 1.39. The van der Waals surface area contributed by atoms with E-state index in [0.29, 0.717) is 12.5 Å². The number of carbonyl (C=O) groups is 1. The zero-order valence-corrected chi connectivity index (χ0v) is 14.2. The third-order valence-electron chi connectivity index (χ3n) is 4.69. The fourth-order valence-electron chi connectivity index (χ4n) is 2.85. The predicted octanol–water partition coefficient (Wildman–Crippen LogP) is 1.46. The quantitative estimate of drug-likeness (QED) is 0.543. The van der Waals surface area contributed by atoms with Crippen LogP contribution in [0.3, 0.4) is 0 Å². The molecule has 2 unspecified atom stereocenters. The summed E-state index contributed by atoms with van der Waals surface area (Å²) in [5, 5.41) is 0. The summed E-state index contributed by atoms with van der Waals surface area (Å²) >= 11 is 0. The molecule has 1 rings (SSSR count). The van der Waals surface area contributed by atoms with Gasteiger partial charge in [-0.3, -0.25) is 9.69 Å². The van der Waals surface area contributed by atoms with Gasteiger partial charge in [0.05, 0.1) is 7.11 Å². The van der Waals surface area contributed by atoms with Crippen LogP contribution in [0, 0.1) is 0 Å². The Hall–Kier alpha value is -0.650. The van der Waals surface area contributed by atoms with Crippen LogP contribution in [0.2, 0.25) is 0 Å². The third kappa shape index (κ3) is 5.93. The largest absolute Gasteiger partial charge is 0.468 e. The number of ether oxygens (including phenoxy) is 1. The van der Waals surface area contributed by atoms with Crippen molar-refractivity contribution in [1.82, 2.24) is 9.80 Å². The third-order valence-corrected chi connectivity index (χ3v) is 4.69. The number of rotatable bonds is 8. The van der Waals surface area contributed by atoms with Gasteiger partial charge < -0.3 is 15.4 Å². The van der Waals surface area contributed by atoms with E-state index >= 15 is 0 Å². The molecule has 0 amide bonds. The van der Waals surface area contributed by atoms with Gasteiger partial charge in [0.15, 0.2) is 0 Å². The minimum absolute atomic E-state index is 0.315. The molecule has 0 saturated carbocycles. The van der Waals surface area contributed by atoms with E-state index in [-0.39, 0.29) is 5.97 Å². The molecular weight excluding hydrogens is 266 g/mol. The summed E-state index contributed by atoms with van der Waals surface area (Å²) in [6.07, 6.45) is 3.97. The monoisotopic (exact) mass is 299 g/mol. The van der Waals surface area contributed by atoms with Crippen molar-refractivity contribution < 1.29 is 9.53 Å². The number of unbranched alkanes of at least 4 members (excludes halogenated alkanes) is 1. The minimum atomic E-state index is -0.843. The molecule has 2 atom stereocenters. The van der Waals surface area contributed by atoms with Gasteiger partial charge in [0.2, 0.25) is 0 Å². The number of nitrogens with zero attached hydrogens (tertiary/aromatic N) is 2. The molecule has 0 aromatic heterocycles. The van der Waals surface area contributed by atoms with E-state index in [4.69, 9.17) is 10.5 Å². The van der Waals surface area contributed by atoms with Gasteiger partial charge in [-0.05, 0) is 46.1 Å². The van der Waals surface area contributed by atoms with Gasteiger partial charge >= 0.3 is 5.97 Å². The van der Waals surface area contributed by atoms with Crippen molar-refractivity contribution >= 4 is 5.97 Å². The Bertz CT molecular complexity index is 313. The average molecular weight is 299 g/mol.